The number of benzene rings is 1. The summed E-state index contributed by atoms with van der Waals surface area (Å²) in [6.07, 6.45) is 1.72. The number of aryl methyl sites for hydroxylation is 1. The number of hydrogen-bond acceptors (Lipinski definition) is 6. The van der Waals surface area contributed by atoms with Crippen LogP contribution < -0.4 is 9.47 Å². The highest BCUT2D eigenvalue weighted by Crippen LogP contribution is 2.42. The van der Waals surface area contributed by atoms with Crippen LogP contribution in [-0.4, -0.2) is 41.0 Å². The van der Waals surface area contributed by atoms with Crippen molar-refractivity contribution in [2.75, 3.05) is 19.8 Å². The summed E-state index contributed by atoms with van der Waals surface area (Å²) < 4.78 is 17.1. The average Bonchev–Trinajstić information content (AvgIpc) is 3.10. The summed E-state index contributed by atoms with van der Waals surface area (Å²) in [5.74, 6) is 1.94. The van der Waals surface area contributed by atoms with E-state index in [0.717, 1.165) is 30.8 Å². The van der Waals surface area contributed by atoms with Gasteiger partial charge in [-0.1, -0.05) is 0 Å². The predicted octanol–water partition coefficient (Wildman–Crippen LogP) is 1.75. The first-order chi connectivity index (χ1) is 10.2. The van der Waals surface area contributed by atoms with E-state index in [1.54, 1.807) is 6.92 Å². The van der Waals surface area contributed by atoms with E-state index in [2.05, 4.69) is 9.97 Å². The zero-order valence-electron chi connectivity index (χ0n) is 11.8. The van der Waals surface area contributed by atoms with Crippen LogP contribution in [0.5, 0.6) is 17.4 Å². The molecule has 21 heavy (non-hydrogen) atoms. The Morgan fingerprint density at radius 3 is 3.05 bits per heavy atom. The molecule has 0 radical (unpaired) electrons. The van der Waals surface area contributed by atoms with Gasteiger partial charge in [0.1, 0.15) is 23.2 Å². The fourth-order valence-corrected chi connectivity index (χ4v) is 2.88. The average molecular weight is 288 g/mol. The van der Waals surface area contributed by atoms with Crippen LogP contribution in [0.3, 0.4) is 0 Å². The SMILES string of the molecule is Cc1nc(O)c2cc(O[C@H]3CCOC3)c3c(c2n1)OCC3. The predicted molar refractivity (Wildman–Crippen MR) is 75.0 cm³/mol. The molecule has 0 bridgehead atoms. The largest absolute Gasteiger partial charge is 0.493 e. The van der Waals surface area contributed by atoms with Crippen molar-refractivity contribution >= 4 is 10.9 Å². The van der Waals surface area contributed by atoms with Crippen LogP contribution in [0.25, 0.3) is 10.9 Å². The minimum Gasteiger partial charge on any atom is -0.493 e. The van der Waals surface area contributed by atoms with Crippen molar-refractivity contribution in [2.45, 2.75) is 25.9 Å². The maximum Gasteiger partial charge on any atom is 0.222 e. The molecule has 3 heterocycles. The minimum absolute atomic E-state index is 0.0386. The normalized spacial score (nSPS) is 20.5. The van der Waals surface area contributed by atoms with Crippen molar-refractivity contribution in [1.29, 1.82) is 0 Å². The van der Waals surface area contributed by atoms with Crippen molar-refractivity contribution in [2.24, 2.45) is 0 Å². The second-order valence-corrected chi connectivity index (χ2v) is 5.37. The zero-order valence-corrected chi connectivity index (χ0v) is 11.8. The molecule has 0 spiro atoms. The maximum absolute atomic E-state index is 10.1. The van der Waals surface area contributed by atoms with Gasteiger partial charge in [0.25, 0.3) is 0 Å². The Kier molecular flexibility index (Phi) is 2.85. The van der Waals surface area contributed by atoms with Gasteiger partial charge in [-0.15, -0.1) is 0 Å². The van der Waals surface area contributed by atoms with Crippen LogP contribution in [0.1, 0.15) is 17.8 Å². The molecule has 1 aromatic heterocycles. The Balaban J connectivity index is 1.87. The molecule has 0 unspecified atom stereocenters. The third-order valence-electron chi connectivity index (χ3n) is 3.88. The Morgan fingerprint density at radius 1 is 1.33 bits per heavy atom. The topological polar surface area (TPSA) is 73.7 Å². The molecule has 110 valence electrons. The highest BCUT2D eigenvalue weighted by atomic mass is 16.5. The van der Waals surface area contributed by atoms with Crippen molar-refractivity contribution in [3.8, 4) is 17.4 Å². The van der Waals surface area contributed by atoms with Crippen molar-refractivity contribution in [3.05, 3.63) is 17.5 Å². The fraction of sp³-hybridized carbons (Fsp3) is 0.467. The van der Waals surface area contributed by atoms with Gasteiger partial charge < -0.3 is 19.3 Å². The van der Waals surface area contributed by atoms with E-state index in [9.17, 15) is 5.11 Å². The van der Waals surface area contributed by atoms with E-state index in [0.29, 0.717) is 35.7 Å². The van der Waals surface area contributed by atoms with E-state index in [1.165, 1.54) is 0 Å². The number of nitrogens with zero attached hydrogens (tertiary/aromatic N) is 2. The van der Waals surface area contributed by atoms with Crippen LogP contribution in [-0.2, 0) is 11.2 Å². The lowest BCUT2D eigenvalue weighted by atomic mass is 10.1. The standard InChI is InChI=1S/C15H16N2O4/c1-8-16-13-11(15(18)17-8)6-12(10-3-5-20-14(10)13)21-9-2-4-19-7-9/h6,9H,2-5,7H2,1H3,(H,16,17,18)/t9-/m0/s1. The Hall–Kier alpha value is -2.08. The quantitative estimate of drug-likeness (QED) is 0.907. The molecule has 1 atom stereocenters. The van der Waals surface area contributed by atoms with Gasteiger partial charge in [0.05, 0.1) is 25.2 Å². The van der Waals surface area contributed by atoms with Gasteiger partial charge in [0, 0.05) is 18.4 Å². The van der Waals surface area contributed by atoms with E-state index >= 15 is 0 Å². The summed E-state index contributed by atoms with van der Waals surface area (Å²) in [6.45, 7) is 3.69. The van der Waals surface area contributed by atoms with Gasteiger partial charge in [-0.05, 0) is 13.0 Å². The highest BCUT2D eigenvalue weighted by molar-refractivity contribution is 5.92. The molecule has 0 aliphatic carbocycles. The highest BCUT2D eigenvalue weighted by Gasteiger charge is 2.26. The van der Waals surface area contributed by atoms with Gasteiger partial charge in [-0.2, -0.15) is 4.98 Å². The lowest BCUT2D eigenvalue weighted by molar-refractivity contribution is 0.141. The third kappa shape index (κ3) is 2.06. The summed E-state index contributed by atoms with van der Waals surface area (Å²) in [7, 11) is 0. The molecule has 1 fully saturated rings. The molecule has 0 saturated carbocycles. The fourth-order valence-electron chi connectivity index (χ4n) is 2.88. The van der Waals surface area contributed by atoms with Crippen LogP contribution in [0.4, 0.5) is 0 Å². The van der Waals surface area contributed by atoms with Crippen molar-refractivity contribution < 1.29 is 19.3 Å². The molecule has 1 N–H and O–H groups in total. The number of rotatable bonds is 2. The zero-order chi connectivity index (χ0) is 14.4. The monoisotopic (exact) mass is 288 g/mol. The van der Waals surface area contributed by atoms with Gasteiger partial charge in [0.15, 0.2) is 5.75 Å². The number of fused-ring (bicyclic) bond motifs is 3. The Bertz CT molecular complexity index is 711. The summed E-state index contributed by atoms with van der Waals surface area (Å²) in [5, 5.41) is 10.6. The molecule has 6 heteroatoms. The van der Waals surface area contributed by atoms with Gasteiger partial charge in [0.2, 0.25) is 5.88 Å². The molecule has 0 amide bonds. The van der Waals surface area contributed by atoms with E-state index in [4.69, 9.17) is 14.2 Å². The molecule has 2 aromatic rings. The molecule has 4 rings (SSSR count). The second-order valence-electron chi connectivity index (χ2n) is 5.37. The molecule has 1 saturated heterocycles. The first-order valence-corrected chi connectivity index (χ1v) is 7.13. The third-order valence-corrected chi connectivity index (χ3v) is 3.88. The van der Waals surface area contributed by atoms with Crippen LogP contribution in [0.2, 0.25) is 0 Å². The lowest BCUT2D eigenvalue weighted by Gasteiger charge is -2.16. The van der Waals surface area contributed by atoms with E-state index in [1.807, 2.05) is 6.07 Å². The number of aromatic hydroxyl groups is 1. The minimum atomic E-state index is -0.0386. The maximum atomic E-state index is 10.1. The van der Waals surface area contributed by atoms with Gasteiger partial charge in [-0.3, -0.25) is 0 Å². The molecule has 6 nitrogen and oxygen atoms in total. The Labute approximate surface area is 121 Å². The molecular formula is C15H16N2O4. The van der Waals surface area contributed by atoms with Crippen molar-refractivity contribution in [3.63, 3.8) is 0 Å². The summed E-state index contributed by atoms with van der Waals surface area (Å²) in [5.41, 5.74) is 1.68. The summed E-state index contributed by atoms with van der Waals surface area (Å²) >= 11 is 0. The first-order valence-electron chi connectivity index (χ1n) is 7.13. The number of ether oxygens (including phenoxy) is 3. The summed E-state index contributed by atoms with van der Waals surface area (Å²) in [4.78, 5) is 8.41. The number of aromatic nitrogens is 2. The lowest BCUT2D eigenvalue weighted by Crippen LogP contribution is -2.16. The molecular weight excluding hydrogens is 272 g/mol. The van der Waals surface area contributed by atoms with Crippen molar-refractivity contribution in [1.82, 2.24) is 9.97 Å². The smallest absolute Gasteiger partial charge is 0.222 e. The van der Waals surface area contributed by atoms with E-state index < -0.39 is 0 Å². The van der Waals surface area contributed by atoms with Crippen LogP contribution in [0, 0.1) is 6.92 Å². The Morgan fingerprint density at radius 2 is 2.24 bits per heavy atom. The van der Waals surface area contributed by atoms with E-state index in [-0.39, 0.29) is 12.0 Å². The number of hydrogen-bond donors (Lipinski definition) is 1. The first kappa shape index (κ1) is 12.6. The summed E-state index contributed by atoms with van der Waals surface area (Å²) in [6, 6.07) is 1.82. The van der Waals surface area contributed by atoms with Gasteiger partial charge >= 0.3 is 0 Å². The van der Waals surface area contributed by atoms with Crippen LogP contribution in [0.15, 0.2) is 6.07 Å². The second kappa shape index (κ2) is 4.73. The molecule has 2 aliphatic heterocycles. The molecule has 1 aromatic carbocycles. The van der Waals surface area contributed by atoms with Crippen LogP contribution >= 0.6 is 0 Å². The molecule has 2 aliphatic rings. The van der Waals surface area contributed by atoms with Gasteiger partial charge in [-0.25, -0.2) is 4.98 Å².